The first-order valence-electron chi connectivity index (χ1n) is 12.1. The van der Waals surface area contributed by atoms with E-state index in [2.05, 4.69) is 65.8 Å². The highest BCUT2D eigenvalue weighted by atomic mass is 32.2. The molecule has 0 aliphatic heterocycles. The van der Waals surface area contributed by atoms with Gasteiger partial charge in [0.2, 0.25) is 0 Å². The predicted octanol–water partition coefficient (Wildman–Crippen LogP) is 5.49. The zero-order valence-corrected chi connectivity index (χ0v) is 23.0. The largest absolute Gasteiger partial charge is 0.497 e. The van der Waals surface area contributed by atoms with Crippen LogP contribution in [0.15, 0.2) is 83.1 Å². The number of para-hydroxylation sites is 1. The lowest BCUT2D eigenvalue weighted by Crippen LogP contribution is -2.20. The Kier molecular flexibility index (Phi) is 8.48. The second kappa shape index (κ2) is 12.0. The molecule has 0 aliphatic carbocycles. The molecule has 1 aromatic heterocycles. The van der Waals surface area contributed by atoms with Gasteiger partial charge < -0.3 is 9.47 Å². The third-order valence-corrected chi connectivity index (χ3v) is 6.75. The third-order valence-electron chi connectivity index (χ3n) is 5.82. The van der Waals surface area contributed by atoms with E-state index in [-0.39, 0.29) is 17.1 Å². The molecular formula is C29H31N5O3S. The van der Waals surface area contributed by atoms with Crippen molar-refractivity contribution in [3.8, 4) is 28.6 Å². The van der Waals surface area contributed by atoms with Crippen molar-refractivity contribution in [2.75, 3.05) is 20.0 Å². The summed E-state index contributed by atoms with van der Waals surface area (Å²) in [5.41, 5.74) is 6.41. The summed E-state index contributed by atoms with van der Waals surface area (Å²) in [6, 6.07) is 23.6. The van der Waals surface area contributed by atoms with Crippen LogP contribution in [0.2, 0.25) is 0 Å². The Morgan fingerprint density at radius 2 is 1.74 bits per heavy atom. The van der Waals surface area contributed by atoms with Gasteiger partial charge >= 0.3 is 0 Å². The van der Waals surface area contributed by atoms with Crippen LogP contribution in [0.25, 0.3) is 17.1 Å². The Hall–Kier alpha value is -4.11. The van der Waals surface area contributed by atoms with Crippen LogP contribution in [0.5, 0.6) is 11.5 Å². The molecule has 0 radical (unpaired) electrons. The van der Waals surface area contributed by atoms with Crippen molar-refractivity contribution in [2.24, 2.45) is 5.10 Å². The molecule has 1 N–H and O–H groups in total. The van der Waals surface area contributed by atoms with E-state index in [0.717, 1.165) is 11.3 Å². The normalized spacial score (nSPS) is 11.5. The van der Waals surface area contributed by atoms with Gasteiger partial charge in [0.05, 0.1) is 26.2 Å². The van der Waals surface area contributed by atoms with Crippen LogP contribution in [0.4, 0.5) is 0 Å². The van der Waals surface area contributed by atoms with Crippen LogP contribution >= 0.6 is 11.8 Å². The van der Waals surface area contributed by atoms with Gasteiger partial charge in [0, 0.05) is 16.8 Å². The number of ether oxygens (including phenoxy) is 2. The maximum atomic E-state index is 12.6. The zero-order valence-electron chi connectivity index (χ0n) is 22.1. The molecule has 1 heterocycles. The van der Waals surface area contributed by atoms with Crippen LogP contribution in [0.1, 0.15) is 31.9 Å². The molecule has 4 rings (SSSR count). The first-order valence-corrected chi connectivity index (χ1v) is 13.1. The van der Waals surface area contributed by atoms with Gasteiger partial charge in [-0.15, -0.1) is 10.2 Å². The zero-order chi connectivity index (χ0) is 27.1. The lowest BCUT2D eigenvalue weighted by Gasteiger charge is -2.19. The Labute approximate surface area is 227 Å². The molecule has 4 aromatic rings. The second-order valence-corrected chi connectivity index (χ2v) is 10.4. The van der Waals surface area contributed by atoms with E-state index in [1.807, 2.05) is 34.9 Å². The topological polar surface area (TPSA) is 90.6 Å². The maximum absolute atomic E-state index is 12.6. The Morgan fingerprint density at radius 3 is 2.39 bits per heavy atom. The number of methoxy groups -OCH3 is 2. The van der Waals surface area contributed by atoms with Crippen molar-refractivity contribution in [2.45, 2.75) is 31.3 Å². The predicted molar refractivity (Wildman–Crippen MR) is 152 cm³/mol. The standard InChI is InChI=1S/C29H31N5O3S/c1-29(2,3)22-13-11-20(12-14-22)27-32-33-28(34(27)23-9-7-6-8-10-23)38-19-26(35)31-30-18-21-17-24(36-4)15-16-25(21)37-5/h6-18H,19H2,1-5H3,(H,31,35). The van der Waals surface area contributed by atoms with Crippen LogP contribution in [0.3, 0.4) is 0 Å². The maximum Gasteiger partial charge on any atom is 0.250 e. The molecule has 196 valence electrons. The van der Waals surface area contributed by atoms with Gasteiger partial charge in [-0.2, -0.15) is 5.10 Å². The number of nitrogens with zero attached hydrogens (tertiary/aromatic N) is 4. The summed E-state index contributed by atoms with van der Waals surface area (Å²) >= 11 is 1.29. The van der Waals surface area contributed by atoms with Gasteiger partial charge in [-0.3, -0.25) is 9.36 Å². The smallest absolute Gasteiger partial charge is 0.250 e. The highest BCUT2D eigenvalue weighted by molar-refractivity contribution is 7.99. The summed E-state index contributed by atoms with van der Waals surface area (Å²) in [5, 5.41) is 13.6. The first kappa shape index (κ1) is 26.9. The first-order chi connectivity index (χ1) is 18.3. The van der Waals surface area contributed by atoms with Gasteiger partial charge in [-0.05, 0) is 41.3 Å². The molecule has 0 fully saturated rings. The lowest BCUT2D eigenvalue weighted by atomic mass is 9.87. The van der Waals surface area contributed by atoms with E-state index >= 15 is 0 Å². The Balaban J connectivity index is 1.51. The second-order valence-electron chi connectivity index (χ2n) is 9.49. The number of rotatable bonds is 9. The molecule has 0 unspecified atom stereocenters. The van der Waals surface area contributed by atoms with Crippen LogP contribution < -0.4 is 14.9 Å². The minimum atomic E-state index is -0.271. The molecule has 8 nitrogen and oxygen atoms in total. The van der Waals surface area contributed by atoms with Crippen molar-refractivity contribution < 1.29 is 14.3 Å². The molecule has 0 atom stereocenters. The lowest BCUT2D eigenvalue weighted by molar-refractivity contribution is -0.118. The number of benzene rings is 3. The van der Waals surface area contributed by atoms with Crippen molar-refractivity contribution in [3.63, 3.8) is 0 Å². The molecule has 9 heteroatoms. The van der Waals surface area contributed by atoms with Crippen LogP contribution in [0, 0.1) is 0 Å². The molecule has 1 amide bonds. The average molecular weight is 530 g/mol. The van der Waals surface area contributed by atoms with E-state index < -0.39 is 0 Å². The Bertz CT molecular complexity index is 1410. The number of amides is 1. The minimum absolute atomic E-state index is 0.0558. The van der Waals surface area contributed by atoms with Gasteiger partial charge in [-0.25, -0.2) is 5.43 Å². The number of thioether (sulfide) groups is 1. The van der Waals surface area contributed by atoms with Crippen LogP contribution in [-0.4, -0.2) is 46.9 Å². The SMILES string of the molecule is COc1ccc(OC)c(C=NNC(=O)CSc2nnc(-c3ccc(C(C)(C)C)cc3)n2-c2ccccc2)c1. The van der Waals surface area contributed by atoms with Crippen LogP contribution in [-0.2, 0) is 10.2 Å². The molecule has 0 aliphatic rings. The molecule has 38 heavy (non-hydrogen) atoms. The van der Waals surface area contributed by atoms with Crippen molar-refractivity contribution in [1.29, 1.82) is 0 Å². The van der Waals surface area contributed by atoms with Crippen molar-refractivity contribution in [1.82, 2.24) is 20.2 Å². The third kappa shape index (κ3) is 6.41. The highest BCUT2D eigenvalue weighted by Crippen LogP contribution is 2.30. The fraction of sp³-hybridized carbons (Fsp3) is 0.241. The van der Waals surface area contributed by atoms with Crippen molar-refractivity contribution in [3.05, 3.63) is 83.9 Å². The van der Waals surface area contributed by atoms with Crippen molar-refractivity contribution >= 4 is 23.9 Å². The number of aromatic nitrogens is 3. The number of hydrogen-bond donors (Lipinski definition) is 1. The summed E-state index contributed by atoms with van der Waals surface area (Å²) in [4.78, 5) is 12.6. The molecule has 0 spiro atoms. The molecule has 0 saturated heterocycles. The monoisotopic (exact) mass is 529 g/mol. The van der Waals surface area contributed by atoms with E-state index in [1.165, 1.54) is 23.5 Å². The summed E-state index contributed by atoms with van der Waals surface area (Å²) in [6.45, 7) is 6.56. The Morgan fingerprint density at radius 1 is 1.00 bits per heavy atom. The number of carbonyl (C=O) groups excluding carboxylic acids is 1. The van der Waals surface area contributed by atoms with Gasteiger partial charge in [0.25, 0.3) is 5.91 Å². The molecular weight excluding hydrogens is 498 g/mol. The average Bonchev–Trinajstić information content (AvgIpc) is 3.36. The summed E-state index contributed by atoms with van der Waals surface area (Å²) in [6.07, 6.45) is 1.52. The number of nitrogens with one attached hydrogen (secondary N) is 1. The summed E-state index contributed by atoms with van der Waals surface area (Å²) < 4.78 is 12.6. The van der Waals surface area contributed by atoms with E-state index in [0.29, 0.717) is 28.0 Å². The fourth-order valence-electron chi connectivity index (χ4n) is 3.76. The van der Waals surface area contributed by atoms with E-state index in [9.17, 15) is 4.79 Å². The summed E-state index contributed by atoms with van der Waals surface area (Å²) in [7, 11) is 3.16. The van der Waals surface area contributed by atoms with E-state index in [4.69, 9.17) is 9.47 Å². The minimum Gasteiger partial charge on any atom is -0.497 e. The molecule has 0 saturated carbocycles. The summed E-state index contributed by atoms with van der Waals surface area (Å²) in [5.74, 6) is 1.84. The number of hydrogen-bond acceptors (Lipinski definition) is 7. The molecule has 0 bridgehead atoms. The van der Waals surface area contributed by atoms with Gasteiger partial charge in [-0.1, -0.05) is 75.0 Å². The number of hydrazone groups is 1. The van der Waals surface area contributed by atoms with Gasteiger partial charge in [0.15, 0.2) is 11.0 Å². The molecule has 3 aromatic carbocycles. The highest BCUT2D eigenvalue weighted by Gasteiger charge is 2.19. The number of carbonyl (C=O) groups is 1. The quantitative estimate of drug-likeness (QED) is 0.175. The van der Waals surface area contributed by atoms with Gasteiger partial charge in [0.1, 0.15) is 11.5 Å². The fourth-order valence-corrected chi connectivity index (χ4v) is 4.50. The van der Waals surface area contributed by atoms with E-state index in [1.54, 1.807) is 32.4 Å².